The molecular weight excluding hydrogens is 250 g/mol. The summed E-state index contributed by atoms with van der Waals surface area (Å²) in [6.45, 7) is 2.45. The molecule has 7 heteroatoms. The van der Waals surface area contributed by atoms with Crippen LogP contribution in [0.3, 0.4) is 0 Å². The third-order valence-corrected chi connectivity index (χ3v) is 3.85. The van der Waals surface area contributed by atoms with E-state index in [1.807, 2.05) is 18.4 Å². The monoisotopic (exact) mass is 261 g/mol. The van der Waals surface area contributed by atoms with Crippen molar-refractivity contribution in [1.29, 1.82) is 0 Å². The number of nitrogens with zero attached hydrogens (tertiary/aromatic N) is 3. The number of hydrogen-bond acceptors (Lipinski definition) is 5. The molecule has 18 heavy (non-hydrogen) atoms. The molecule has 0 unspecified atom stereocenters. The second kappa shape index (κ2) is 3.95. The zero-order valence-corrected chi connectivity index (χ0v) is 10.5. The highest BCUT2D eigenvalue weighted by molar-refractivity contribution is 7.10. The predicted molar refractivity (Wildman–Crippen MR) is 70.7 cm³/mol. The molecule has 0 spiro atoms. The van der Waals surface area contributed by atoms with Gasteiger partial charge in [0, 0.05) is 4.88 Å². The van der Waals surface area contributed by atoms with E-state index in [0.29, 0.717) is 17.7 Å². The maximum Gasteiger partial charge on any atom is 0.281 e. The number of imidazole rings is 1. The van der Waals surface area contributed by atoms with Gasteiger partial charge in [0.2, 0.25) is 5.95 Å². The Morgan fingerprint density at radius 1 is 1.56 bits per heavy atom. The number of thiophene rings is 1. The molecule has 3 aromatic rings. The number of nitrogens with one attached hydrogen (secondary N) is 1. The Morgan fingerprint density at radius 3 is 3.11 bits per heavy atom. The third-order valence-electron chi connectivity index (χ3n) is 2.85. The van der Waals surface area contributed by atoms with Crippen molar-refractivity contribution in [3.05, 3.63) is 38.6 Å². The summed E-state index contributed by atoms with van der Waals surface area (Å²) in [6, 6.07) is 2.02. The van der Waals surface area contributed by atoms with E-state index in [9.17, 15) is 4.79 Å². The molecular formula is C11H11N5OS. The molecule has 0 bridgehead atoms. The number of H-pyrrole nitrogens is 1. The second-order valence-corrected chi connectivity index (χ2v) is 4.99. The van der Waals surface area contributed by atoms with Gasteiger partial charge in [-0.3, -0.25) is 9.36 Å². The van der Waals surface area contributed by atoms with E-state index in [4.69, 9.17) is 5.73 Å². The lowest BCUT2D eigenvalue weighted by molar-refractivity contribution is 0.768. The normalized spacial score (nSPS) is 11.2. The summed E-state index contributed by atoms with van der Waals surface area (Å²) in [7, 11) is 0. The van der Waals surface area contributed by atoms with Crippen molar-refractivity contribution in [3.8, 4) is 0 Å². The summed E-state index contributed by atoms with van der Waals surface area (Å²) in [6.07, 6.45) is 1.44. The molecule has 3 heterocycles. The molecule has 0 aliphatic heterocycles. The summed E-state index contributed by atoms with van der Waals surface area (Å²) in [5.74, 6) is 0.187. The molecule has 0 saturated carbocycles. The fourth-order valence-electron chi connectivity index (χ4n) is 1.80. The molecule has 0 atom stereocenters. The number of nitrogen functional groups attached to an aromatic ring is 1. The van der Waals surface area contributed by atoms with E-state index in [1.54, 1.807) is 11.3 Å². The number of aromatic nitrogens is 4. The molecule has 0 fully saturated rings. The van der Waals surface area contributed by atoms with Gasteiger partial charge in [-0.15, -0.1) is 11.3 Å². The molecule has 0 aromatic carbocycles. The van der Waals surface area contributed by atoms with Gasteiger partial charge in [-0.2, -0.15) is 4.98 Å². The van der Waals surface area contributed by atoms with E-state index in [0.717, 1.165) is 10.4 Å². The van der Waals surface area contributed by atoms with E-state index in [1.165, 1.54) is 10.9 Å². The Labute approximate surface area is 106 Å². The molecule has 92 valence electrons. The summed E-state index contributed by atoms with van der Waals surface area (Å²) in [5, 5.41) is 1.99. The van der Waals surface area contributed by atoms with Gasteiger partial charge >= 0.3 is 0 Å². The van der Waals surface area contributed by atoms with Gasteiger partial charge < -0.3 is 10.7 Å². The Kier molecular flexibility index (Phi) is 2.41. The minimum absolute atomic E-state index is 0.187. The smallest absolute Gasteiger partial charge is 0.281 e. The fourth-order valence-corrected chi connectivity index (χ4v) is 2.69. The Morgan fingerprint density at radius 2 is 2.39 bits per heavy atom. The molecule has 0 aliphatic carbocycles. The zero-order chi connectivity index (χ0) is 12.7. The molecule has 6 nitrogen and oxygen atoms in total. The van der Waals surface area contributed by atoms with Crippen LogP contribution in [-0.4, -0.2) is 19.5 Å². The molecule has 3 aromatic heterocycles. The lowest BCUT2D eigenvalue weighted by Gasteiger charge is -2.07. The van der Waals surface area contributed by atoms with Crippen LogP contribution in [0, 0.1) is 6.92 Å². The lowest BCUT2D eigenvalue weighted by atomic mass is 10.3. The van der Waals surface area contributed by atoms with E-state index in [2.05, 4.69) is 15.0 Å². The Bertz CT molecular complexity index is 769. The van der Waals surface area contributed by atoms with Crippen molar-refractivity contribution in [2.24, 2.45) is 0 Å². The van der Waals surface area contributed by atoms with Crippen molar-refractivity contribution >= 4 is 28.4 Å². The first kappa shape index (κ1) is 11.0. The van der Waals surface area contributed by atoms with Gasteiger partial charge in [0.1, 0.15) is 0 Å². The summed E-state index contributed by atoms with van der Waals surface area (Å²) in [5.41, 5.74) is 7.52. The van der Waals surface area contributed by atoms with Crippen LogP contribution in [0.15, 0.2) is 22.6 Å². The molecule has 0 saturated heterocycles. The van der Waals surface area contributed by atoms with E-state index < -0.39 is 0 Å². The molecule has 3 rings (SSSR count). The van der Waals surface area contributed by atoms with Gasteiger partial charge in [-0.1, -0.05) is 0 Å². The highest BCUT2D eigenvalue weighted by Crippen LogP contribution is 2.17. The fraction of sp³-hybridized carbons (Fsp3) is 0.182. The SMILES string of the molecule is Cc1ccsc1Cn1c(N)nc2nc[nH]c2c1=O. The molecule has 0 aliphatic rings. The van der Waals surface area contributed by atoms with Crippen LogP contribution in [0.5, 0.6) is 0 Å². The average molecular weight is 261 g/mol. The number of nitrogens with two attached hydrogens (primary N) is 1. The van der Waals surface area contributed by atoms with Crippen molar-refractivity contribution < 1.29 is 0 Å². The minimum atomic E-state index is -0.192. The molecule has 0 amide bonds. The van der Waals surface area contributed by atoms with Crippen molar-refractivity contribution in [2.75, 3.05) is 5.73 Å². The van der Waals surface area contributed by atoms with Gasteiger partial charge in [-0.25, -0.2) is 4.98 Å². The number of hydrogen-bond donors (Lipinski definition) is 2. The van der Waals surface area contributed by atoms with Crippen LogP contribution in [0.1, 0.15) is 10.4 Å². The number of aromatic amines is 1. The minimum Gasteiger partial charge on any atom is -0.369 e. The largest absolute Gasteiger partial charge is 0.369 e. The first-order valence-electron chi connectivity index (χ1n) is 5.39. The van der Waals surface area contributed by atoms with Gasteiger partial charge in [0.05, 0.1) is 12.9 Å². The third kappa shape index (κ3) is 1.60. The number of rotatable bonds is 2. The second-order valence-electron chi connectivity index (χ2n) is 3.99. The summed E-state index contributed by atoms with van der Waals surface area (Å²) in [4.78, 5) is 24.2. The Hall–Kier alpha value is -2.15. The predicted octanol–water partition coefficient (Wildman–Crippen LogP) is 1.12. The molecule has 3 N–H and O–H groups in total. The quantitative estimate of drug-likeness (QED) is 0.723. The van der Waals surface area contributed by atoms with Crippen LogP contribution in [0.4, 0.5) is 5.95 Å². The maximum absolute atomic E-state index is 12.2. The summed E-state index contributed by atoms with van der Waals surface area (Å²) < 4.78 is 1.46. The van der Waals surface area contributed by atoms with Crippen LogP contribution < -0.4 is 11.3 Å². The van der Waals surface area contributed by atoms with Gasteiger partial charge in [-0.05, 0) is 23.9 Å². The van der Waals surface area contributed by atoms with Crippen molar-refractivity contribution in [3.63, 3.8) is 0 Å². The Balaban J connectivity index is 2.17. The first-order valence-corrected chi connectivity index (χ1v) is 6.27. The number of anilines is 1. The highest BCUT2D eigenvalue weighted by Gasteiger charge is 2.12. The van der Waals surface area contributed by atoms with Crippen LogP contribution >= 0.6 is 11.3 Å². The lowest BCUT2D eigenvalue weighted by Crippen LogP contribution is -2.25. The summed E-state index contributed by atoms with van der Waals surface area (Å²) >= 11 is 1.60. The van der Waals surface area contributed by atoms with E-state index >= 15 is 0 Å². The maximum atomic E-state index is 12.2. The number of fused-ring (bicyclic) bond motifs is 1. The van der Waals surface area contributed by atoms with Gasteiger partial charge in [0.25, 0.3) is 5.56 Å². The topological polar surface area (TPSA) is 89.6 Å². The van der Waals surface area contributed by atoms with Crippen LogP contribution in [-0.2, 0) is 6.54 Å². The average Bonchev–Trinajstić information content (AvgIpc) is 2.94. The van der Waals surface area contributed by atoms with Crippen LogP contribution in [0.25, 0.3) is 11.2 Å². The van der Waals surface area contributed by atoms with Crippen molar-refractivity contribution in [1.82, 2.24) is 19.5 Å². The number of aryl methyl sites for hydroxylation is 1. The molecule has 0 radical (unpaired) electrons. The van der Waals surface area contributed by atoms with Crippen molar-refractivity contribution in [2.45, 2.75) is 13.5 Å². The zero-order valence-electron chi connectivity index (χ0n) is 9.67. The first-order chi connectivity index (χ1) is 8.66. The van der Waals surface area contributed by atoms with Crippen LogP contribution in [0.2, 0.25) is 0 Å². The van der Waals surface area contributed by atoms with E-state index in [-0.39, 0.29) is 11.5 Å². The standard InChI is InChI=1S/C11H11N5OS/c1-6-2-3-18-7(6)4-16-10(17)8-9(14-5-13-8)15-11(16)12/h2-3,5H,4H2,1H3,(H2,12,15)(H,13,14). The van der Waals surface area contributed by atoms with Gasteiger partial charge in [0.15, 0.2) is 11.2 Å². The highest BCUT2D eigenvalue weighted by atomic mass is 32.1.